The molecule has 0 spiro atoms. The number of aromatic nitrogens is 1. The molecule has 37 heavy (non-hydrogen) atoms. The highest BCUT2D eigenvalue weighted by molar-refractivity contribution is 6.31. The zero-order valence-corrected chi connectivity index (χ0v) is 20.4. The molecular weight excluding hydrogens is 498 g/mol. The standard InChI is InChI=1S/C27H22ClN3O6/c1-2-20(24(33)26-31-21-5-3-4-6-22(21)37-26)30-23(32)14-29-25(34)16-9-7-15(8-10-16)19-13-17(28)11-12-18(19)27(35)36/h3-13,20H,2,14H2,1H3,(H,29,34)(H,30,32)(H,35,36)/t20-/m0/s1. The summed E-state index contributed by atoms with van der Waals surface area (Å²) in [5, 5.41) is 14.9. The van der Waals surface area contributed by atoms with Crippen molar-refractivity contribution in [3.05, 3.63) is 88.8 Å². The Labute approximate surface area is 216 Å². The van der Waals surface area contributed by atoms with Crippen LogP contribution < -0.4 is 10.6 Å². The van der Waals surface area contributed by atoms with Crippen LogP contribution in [0.25, 0.3) is 22.2 Å². The number of carbonyl (C=O) groups is 4. The molecule has 4 rings (SSSR count). The fourth-order valence-electron chi connectivity index (χ4n) is 3.73. The van der Waals surface area contributed by atoms with Gasteiger partial charge in [0.1, 0.15) is 5.52 Å². The minimum atomic E-state index is -1.10. The number of halogens is 1. The van der Waals surface area contributed by atoms with Gasteiger partial charge in [0.25, 0.3) is 11.8 Å². The Balaban J connectivity index is 1.36. The van der Waals surface area contributed by atoms with Crippen molar-refractivity contribution in [1.29, 1.82) is 0 Å². The van der Waals surface area contributed by atoms with E-state index in [1.54, 1.807) is 43.3 Å². The largest absolute Gasteiger partial charge is 0.478 e. The highest BCUT2D eigenvalue weighted by atomic mass is 35.5. The Kier molecular flexibility index (Phi) is 7.64. The molecule has 1 atom stereocenters. The zero-order valence-electron chi connectivity index (χ0n) is 19.7. The summed E-state index contributed by atoms with van der Waals surface area (Å²) in [6.45, 7) is 1.39. The van der Waals surface area contributed by atoms with Gasteiger partial charge in [0.05, 0.1) is 18.2 Å². The van der Waals surface area contributed by atoms with Crippen LogP contribution in [-0.2, 0) is 4.79 Å². The second-order valence-corrected chi connectivity index (χ2v) is 8.57. The molecule has 10 heteroatoms. The van der Waals surface area contributed by atoms with Crippen LogP contribution in [0.5, 0.6) is 0 Å². The molecule has 0 fully saturated rings. The van der Waals surface area contributed by atoms with E-state index in [0.717, 1.165) is 0 Å². The normalized spacial score (nSPS) is 11.6. The van der Waals surface area contributed by atoms with E-state index in [4.69, 9.17) is 16.0 Å². The van der Waals surface area contributed by atoms with E-state index < -0.39 is 29.6 Å². The van der Waals surface area contributed by atoms with Gasteiger partial charge in [0.2, 0.25) is 11.7 Å². The van der Waals surface area contributed by atoms with Gasteiger partial charge in [-0.3, -0.25) is 14.4 Å². The molecule has 1 aromatic heterocycles. The maximum atomic E-state index is 12.8. The second-order valence-electron chi connectivity index (χ2n) is 8.13. The quantitative estimate of drug-likeness (QED) is 0.279. The number of fused-ring (bicyclic) bond motifs is 1. The van der Waals surface area contributed by atoms with E-state index in [2.05, 4.69) is 15.6 Å². The minimum Gasteiger partial charge on any atom is -0.478 e. The summed E-state index contributed by atoms with van der Waals surface area (Å²) in [6.07, 6.45) is 0.306. The molecule has 0 radical (unpaired) electrons. The van der Waals surface area contributed by atoms with Crippen LogP contribution in [-0.4, -0.2) is 46.2 Å². The van der Waals surface area contributed by atoms with E-state index >= 15 is 0 Å². The van der Waals surface area contributed by atoms with Crippen molar-refractivity contribution in [2.24, 2.45) is 0 Å². The number of ketones is 1. The van der Waals surface area contributed by atoms with Crippen molar-refractivity contribution in [2.45, 2.75) is 19.4 Å². The first-order valence-electron chi connectivity index (χ1n) is 11.4. The highest BCUT2D eigenvalue weighted by Gasteiger charge is 2.25. The predicted octanol–water partition coefficient (Wildman–Crippen LogP) is 4.35. The molecule has 0 aliphatic heterocycles. The molecule has 2 amide bonds. The van der Waals surface area contributed by atoms with Crippen LogP contribution in [0.2, 0.25) is 5.02 Å². The third-order valence-corrected chi connectivity index (χ3v) is 5.88. The second kappa shape index (κ2) is 11.0. The van der Waals surface area contributed by atoms with Crippen molar-refractivity contribution in [3.8, 4) is 11.1 Å². The topological polar surface area (TPSA) is 139 Å². The number of oxazole rings is 1. The zero-order chi connectivity index (χ0) is 26.5. The SMILES string of the molecule is CC[C@H](NC(=O)CNC(=O)c1ccc(-c2cc(Cl)ccc2C(=O)O)cc1)C(=O)c1nc2ccccc2o1. The molecule has 0 aliphatic carbocycles. The number of nitrogens with one attached hydrogen (secondary N) is 2. The first-order chi connectivity index (χ1) is 17.8. The van der Waals surface area contributed by atoms with E-state index in [9.17, 15) is 24.3 Å². The van der Waals surface area contributed by atoms with Crippen LogP contribution in [0.15, 0.2) is 71.1 Å². The lowest BCUT2D eigenvalue weighted by Gasteiger charge is -2.14. The number of carbonyl (C=O) groups excluding carboxylic acids is 3. The number of benzene rings is 3. The number of Topliss-reactive ketones (excluding diaryl/α,β-unsaturated/α-hetero) is 1. The predicted molar refractivity (Wildman–Crippen MR) is 137 cm³/mol. The van der Waals surface area contributed by atoms with Gasteiger partial charge in [0.15, 0.2) is 5.58 Å². The molecule has 188 valence electrons. The number of aromatic carboxylic acids is 1. The maximum absolute atomic E-state index is 12.8. The molecule has 9 nitrogen and oxygen atoms in total. The molecule has 0 bridgehead atoms. The van der Waals surface area contributed by atoms with Crippen molar-refractivity contribution >= 4 is 46.3 Å². The number of para-hydroxylation sites is 2. The fraction of sp³-hybridized carbons (Fsp3) is 0.148. The third-order valence-electron chi connectivity index (χ3n) is 5.64. The molecule has 0 saturated heterocycles. The average molecular weight is 520 g/mol. The molecule has 1 heterocycles. The lowest BCUT2D eigenvalue weighted by atomic mass is 9.98. The summed E-state index contributed by atoms with van der Waals surface area (Å²) >= 11 is 6.02. The summed E-state index contributed by atoms with van der Waals surface area (Å²) < 4.78 is 5.50. The number of rotatable bonds is 9. The van der Waals surface area contributed by atoms with E-state index in [1.165, 1.54) is 30.3 Å². The summed E-state index contributed by atoms with van der Waals surface area (Å²) in [5.41, 5.74) is 2.35. The minimum absolute atomic E-state index is 0.0798. The van der Waals surface area contributed by atoms with Crippen molar-refractivity contribution in [1.82, 2.24) is 15.6 Å². The monoisotopic (exact) mass is 519 g/mol. The first kappa shape index (κ1) is 25.6. The third kappa shape index (κ3) is 5.84. The van der Waals surface area contributed by atoms with Crippen LogP contribution in [0.3, 0.4) is 0 Å². The Morgan fingerprint density at radius 1 is 1.03 bits per heavy atom. The van der Waals surface area contributed by atoms with Crippen molar-refractivity contribution < 1.29 is 28.7 Å². The van der Waals surface area contributed by atoms with Gasteiger partial charge in [-0.05, 0) is 60.0 Å². The van der Waals surface area contributed by atoms with Gasteiger partial charge in [-0.2, -0.15) is 0 Å². The Morgan fingerprint density at radius 3 is 2.43 bits per heavy atom. The van der Waals surface area contributed by atoms with E-state index in [1.807, 2.05) is 0 Å². The number of amides is 2. The van der Waals surface area contributed by atoms with Crippen LogP contribution in [0.1, 0.15) is 44.7 Å². The van der Waals surface area contributed by atoms with Crippen LogP contribution in [0, 0.1) is 0 Å². The molecule has 0 unspecified atom stereocenters. The smallest absolute Gasteiger partial charge is 0.336 e. The van der Waals surface area contributed by atoms with Gasteiger partial charge < -0.3 is 20.2 Å². The summed E-state index contributed by atoms with van der Waals surface area (Å²) in [5.74, 6) is -2.71. The summed E-state index contributed by atoms with van der Waals surface area (Å²) in [6, 6.07) is 16.8. The Bertz CT molecular complexity index is 1460. The lowest BCUT2D eigenvalue weighted by Crippen LogP contribution is -2.45. The Hall–Kier alpha value is -4.50. The number of carboxylic acid groups (broad SMARTS) is 1. The Morgan fingerprint density at radius 2 is 1.76 bits per heavy atom. The van der Waals surface area contributed by atoms with E-state index in [0.29, 0.717) is 33.7 Å². The number of carboxylic acids is 1. The van der Waals surface area contributed by atoms with Crippen LogP contribution >= 0.6 is 11.6 Å². The van der Waals surface area contributed by atoms with Gasteiger partial charge >= 0.3 is 5.97 Å². The number of nitrogens with zero attached hydrogens (tertiary/aromatic N) is 1. The molecule has 4 aromatic rings. The molecule has 0 saturated carbocycles. The lowest BCUT2D eigenvalue weighted by molar-refractivity contribution is -0.120. The number of hydrogen-bond donors (Lipinski definition) is 3. The van der Waals surface area contributed by atoms with Gasteiger partial charge in [0, 0.05) is 10.6 Å². The van der Waals surface area contributed by atoms with E-state index in [-0.39, 0.29) is 23.6 Å². The van der Waals surface area contributed by atoms with Gasteiger partial charge in [-0.25, -0.2) is 9.78 Å². The maximum Gasteiger partial charge on any atom is 0.336 e. The number of hydrogen-bond acceptors (Lipinski definition) is 6. The summed E-state index contributed by atoms with van der Waals surface area (Å²) in [7, 11) is 0. The van der Waals surface area contributed by atoms with Crippen molar-refractivity contribution in [2.75, 3.05) is 6.54 Å². The first-order valence-corrected chi connectivity index (χ1v) is 11.7. The van der Waals surface area contributed by atoms with Gasteiger partial charge in [-0.1, -0.05) is 42.8 Å². The van der Waals surface area contributed by atoms with Crippen LogP contribution in [0.4, 0.5) is 0 Å². The summed E-state index contributed by atoms with van der Waals surface area (Å²) in [4.78, 5) is 53.4. The molecule has 0 aliphatic rings. The average Bonchev–Trinajstić information content (AvgIpc) is 3.34. The molecule has 3 aromatic carbocycles. The highest BCUT2D eigenvalue weighted by Crippen LogP contribution is 2.27. The van der Waals surface area contributed by atoms with Crippen molar-refractivity contribution in [3.63, 3.8) is 0 Å². The fourth-order valence-corrected chi connectivity index (χ4v) is 3.90. The van der Waals surface area contributed by atoms with Gasteiger partial charge in [-0.15, -0.1) is 0 Å². The molecule has 3 N–H and O–H groups in total. The molecular formula is C27H22ClN3O6.